The van der Waals surface area contributed by atoms with Crippen LogP contribution in [0.5, 0.6) is 0 Å². The molecule has 1 radical (unpaired) electrons. The smallest absolute Gasteiger partial charge is 0.0919 e. The summed E-state index contributed by atoms with van der Waals surface area (Å²) >= 11 is 0. The number of imidazole rings is 1. The van der Waals surface area contributed by atoms with Crippen molar-refractivity contribution in [3.8, 4) is 0 Å². The molecule has 0 atom stereocenters. The van der Waals surface area contributed by atoms with Gasteiger partial charge >= 0.3 is 0 Å². The first-order valence-electron chi connectivity index (χ1n) is 1.43. The zero-order chi connectivity index (χ0) is 3.54. The molecule has 0 aliphatic heterocycles. The molecule has 0 saturated heterocycles. The number of hydrogen-bond donors (Lipinski definition) is 1. The Bertz CT molecular complexity index is 69.4. The van der Waals surface area contributed by atoms with Crippen LogP contribution in [0.3, 0.4) is 0 Å². The van der Waals surface area contributed by atoms with E-state index >= 15 is 0 Å². The Morgan fingerprint density at radius 1 is 1.43 bits per heavy atom. The first-order chi connectivity index (χ1) is 2.50. The second-order valence-electron chi connectivity index (χ2n) is 0.761. The third-order valence-electron chi connectivity index (χ3n) is 0.406. The zero-order valence-electron chi connectivity index (χ0n) is 3.37. The normalized spacial score (nSPS) is 5.71. The average Bonchev–Trinajstić information content (AvgIpc) is 1.76. The Balaban J connectivity index is 0. The molecule has 1 aromatic heterocycles. The van der Waals surface area contributed by atoms with E-state index in [0.717, 1.165) is 0 Å². The second kappa shape index (κ2) is 6.24. The topological polar surface area (TPSA) is 28.7 Å². The van der Waals surface area contributed by atoms with Gasteiger partial charge in [0, 0.05) is 46.2 Å². The predicted octanol–water partition coefficient (Wildman–Crippen LogP) is 0.405. The summed E-state index contributed by atoms with van der Waals surface area (Å²) in [7, 11) is 0. The van der Waals surface area contributed by atoms with Crippen molar-refractivity contribution in [2.75, 3.05) is 0 Å². The minimum Gasteiger partial charge on any atom is -0.351 e. The van der Waals surface area contributed by atoms with Gasteiger partial charge in [-0.05, 0) is 0 Å². The SMILES string of the molecule is [Co].[Fe].c1c[nH]cn1. The minimum atomic E-state index is 0. The van der Waals surface area contributed by atoms with E-state index in [1.165, 1.54) is 0 Å². The van der Waals surface area contributed by atoms with Gasteiger partial charge in [-0.3, -0.25) is 0 Å². The molecule has 1 heterocycles. The quantitative estimate of drug-likeness (QED) is 0.579. The molecular weight excluding hydrogens is 179 g/mol. The third-order valence-corrected chi connectivity index (χ3v) is 0.406. The van der Waals surface area contributed by atoms with Gasteiger partial charge < -0.3 is 4.98 Å². The van der Waals surface area contributed by atoms with Gasteiger partial charge in [0.25, 0.3) is 0 Å². The van der Waals surface area contributed by atoms with Gasteiger partial charge in [-0.15, -0.1) is 0 Å². The summed E-state index contributed by atoms with van der Waals surface area (Å²) in [6.07, 6.45) is 5.08. The fourth-order valence-electron chi connectivity index (χ4n) is 0.215. The molecular formula is C3H4CoFeN2. The maximum absolute atomic E-state index is 3.67. The maximum Gasteiger partial charge on any atom is 0.0919 e. The summed E-state index contributed by atoms with van der Waals surface area (Å²) < 4.78 is 0. The van der Waals surface area contributed by atoms with Gasteiger partial charge in [-0.1, -0.05) is 0 Å². The van der Waals surface area contributed by atoms with Crippen LogP contribution in [0.25, 0.3) is 0 Å². The van der Waals surface area contributed by atoms with Crippen molar-refractivity contribution in [2.24, 2.45) is 0 Å². The Kier molecular flexibility index (Phi) is 9.14. The van der Waals surface area contributed by atoms with E-state index in [1.807, 2.05) is 0 Å². The van der Waals surface area contributed by atoms with E-state index in [-0.39, 0.29) is 33.8 Å². The first-order valence-corrected chi connectivity index (χ1v) is 1.43. The summed E-state index contributed by atoms with van der Waals surface area (Å²) in [5.74, 6) is 0. The summed E-state index contributed by atoms with van der Waals surface area (Å²) in [6.45, 7) is 0. The largest absolute Gasteiger partial charge is 0.351 e. The molecule has 0 amide bonds. The van der Waals surface area contributed by atoms with E-state index in [9.17, 15) is 0 Å². The fraction of sp³-hybridized carbons (Fsp3) is 0. The van der Waals surface area contributed by atoms with E-state index in [4.69, 9.17) is 0 Å². The van der Waals surface area contributed by atoms with Crippen molar-refractivity contribution in [3.63, 3.8) is 0 Å². The van der Waals surface area contributed by atoms with Gasteiger partial charge in [-0.2, -0.15) is 0 Å². The standard InChI is InChI=1S/C3H4N2.Co.Fe/c1-2-5-3-4-1;;/h1-3H,(H,4,5);;. The molecule has 0 unspecified atom stereocenters. The van der Waals surface area contributed by atoms with E-state index in [0.29, 0.717) is 0 Å². The number of hydrogen-bond acceptors (Lipinski definition) is 1. The van der Waals surface area contributed by atoms with Crippen LogP contribution in [-0.4, -0.2) is 9.97 Å². The van der Waals surface area contributed by atoms with E-state index in [1.54, 1.807) is 18.7 Å². The molecule has 43 valence electrons. The van der Waals surface area contributed by atoms with Gasteiger partial charge in [-0.25, -0.2) is 4.98 Å². The van der Waals surface area contributed by atoms with Crippen molar-refractivity contribution in [2.45, 2.75) is 0 Å². The molecule has 0 aromatic carbocycles. The molecule has 0 saturated carbocycles. The minimum absolute atomic E-state index is 0. The molecule has 0 aliphatic carbocycles. The van der Waals surface area contributed by atoms with Crippen LogP contribution >= 0.6 is 0 Å². The molecule has 0 bridgehead atoms. The molecule has 7 heavy (non-hydrogen) atoms. The van der Waals surface area contributed by atoms with Crippen LogP contribution < -0.4 is 0 Å². The first kappa shape index (κ1) is 10.3. The van der Waals surface area contributed by atoms with Gasteiger partial charge in [0.05, 0.1) is 6.33 Å². The monoisotopic (exact) mass is 183 g/mol. The van der Waals surface area contributed by atoms with Crippen LogP contribution in [-0.2, 0) is 33.8 Å². The number of aromatic amines is 1. The molecule has 0 spiro atoms. The predicted molar refractivity (Wildman–Crippen MR) is 18.6 cm³/mol. The van der Waals surface area contributed by atoms with E-state index in [2.05, 4.69) is 9.97 Å². The molecule has 1 aromatic rings. The Morgan fingerprint density at radius 3 is 2.29 bits per heavy atom. The average molecular weight is 183 g/mol. The molecule has 4 heteroatoms. The van der Waals surface area contributed by atoms with Crippen molar-refractivity contribution in [3.05, 3.63) is 18.7 Å². The van der Waals surface area contributed by atoms with Crippen LogP contribution in [0.15, 0.2) is 18.7 Å². The summed E-state index contributed by atoms with van der Waals surface area (Å²) in [5.41, 5.74) is 0. The fourth-order valence-corrected chi connectivity index (χ4v) is 0.215. The van der Waals surface area contributed by atoms with Crippen LogP contribution in [0, 0.1) is 0 Å². The third kappa shape index (κ3) is 4.08. The second-order valence-corrected chi connectivity index (χ2v) is 0.761. The number of H-pyrrole nitrogens is 1. The summed E-state index contributed by atoms with van der Waals surface area (Å²) in [5, 5.41) is 0. The number of nitrogens with zero attached hydrogens (tertiary/aromatic N) is 1. The molecule has 1 rings (SSSR count). The molecule has 0 aliphatic rings. The Morgan fingerprint density at radius 2 is 2.14 bits per heavy atom. The van der Waals surface area contributed by atoms with Gasteiger partial charge in [0.1, 0.15) is 0 Å². The number of nitrogens with one attached hydrogen (secondary N) is 1. The Hall–Kier alpha value is 0.236. The van der Waals surface area contributed by atoms with Crippen LogP contribution in [0.1, 0.15) is 0 Å². The number of rotatable bonds is 0. The molecule has 1 N–H and O–H groups in total. The zero-order valence-corrected chi connectivity index (χ0v) is 5.51. The van der Waals surface area contributed by atoms with Gasteiger partial charge in [0.15, 0.2) is 0 Å². The van der Waals surface area contributed by atoms with Crippen molar-refractivity contribution in [1.82, 2.24) is 9.97 Å². The van der Waals surface area contributed by atoms with Crippen molar-refractivity contribution in [1.29, 1.82) is 0 Å². The van der Waals surface area contributed by atoms with Crippen LogP contribution in [0.4, 0.5) is 0 Å². The van der Waals surface area contributed by atoms with Crippen LogP contribution in [0.2, 0.25) is 0 Å². The van der Waals surface area contributed by atoms with Crippen molar-refractivity contribution < 1.29 is 33.8 Å². The van der Waals surface area contributed by atoms with Gasteiger partial charge in [0.2, 0.25) is 0 Å². The summed E-state index contributed by atoms with van der Waals surface area (Å²) in [6, 6.07) is 0. The summed E-state index contributed by atoms with van der Waals surface area (Å²) in [4.78, 5) is 6.42. The Labute approximate surface area is 62.8 Å². The molecule has 2 nitrogen and oxygen atoms in total. The molecule has 0 fully saturated rings. The van der Waals surface area contributed by atoms with Crippen molar-refractivity contribution >= 4 is 0 Å². The maximum atomic E-state index is 3.67. The van der Waals surface area contributed by atoms with E-state index < -0.39 is 0 Å². The number of aromatic nitrogens is 2.